The molecule has 0 spiro atoms. The van der Waals surface area contributed by atoms with E-state index < -0.39 is 0 Å². The summed E-state index contributed by atoms with van der Waals surface area (Å²) in [6.07, 6.45) is 2.54. The minimum Gasteiger partial charge on any atom is -0.466 e. The van der Waals surface area contributed by atoms with Crippen molar-refractivity contribution < 1.29 is 14.3 Å². The van der Waals surface area contributed by atoms with Crippen molar-refractivity contribution in [1.82, 2.24) is 5.32 Å². The van der Waals surface area contributed by atoms with Gasteiger partial charge in [-0.2, -0.15) is 0 Å². The lowest BCUT2D eigenvalue weighted by Gasteiger charge is -2.08. The van der Waals surface area contributed by atoms with Crippen molar-refractivity contribution in [3.63, 3.8) is 0 Å². The second-order valence-corrected chi connectivity index (χ2v) is 3.15. The summed E-state index contributed by atoms with van der Waals surface area (Å²) in [7, 11) is 0. The molecule has 1 atom stereocenters. The molecule has 1 N–H and O–H groups in total. The molecule has 13 heavy (non-hydrogen) atoms. The van der Waals surface area contributed by atoms with Gasteiger partial charge in [-0.15, -0.1) is 0 Å². The Labute approximate surface area is 77.6 Å². The van der Waals surface area contributed by atoms with Gasteiger partial charge in [0.2, 0.25) is 5.91 Å². The SMILES string of the molecule is CCOC(=O)CC[C@H]1CCC(=O)N1. The van der Waals surface area contributed by atoms with Gasteiger partial charge in [-0.05, 0) is 19.8 Å². The molecule has 1 aliphatic rings. The average molecular weight is 185 g/mol. The van der Waals surface area contributed by atoms with E-state index in [1.807, 2.05) is 0 Å². The number of ether oxygens (including phenoxy) is 1. The van der Waals surface area contributed by atoms with Gasteiger partial charge in [-0.1, -0.05) is 0 Å². The van der Waals surface area contributed by atoms with E-state index in [1.165, 1.54) is 0 Å². The van der Waals surface area contributed by atoms with Crippen LogP contribution in [0.5, 0.6) is 0 Å². The lowest BCUT2D eigenvalue weighted by atomic mass is 10.1. The standard InChI is InChI=1S/C9H15NO3/c1-2-13-9(12)6-4-7-3-5-8(11)10-7/h7H,2-6H2,1H3,(H,10,11)/t7-/m1/s1. The van der Waals surface area contributed by atoms with Crippen LogP contribution in [-0.4, -0.2) is 24.5 Å². The number of carbonyl (C=O) groups excluding carboxylic acids is 2. The van der Waals surface area contributed by atoms with E-state index in [4.69, 9.17) is 4.74 Å². The van der Waals surface area contributed by atoms with Crippen LogP contribution >= 0.6 is 0 Å². The zero-order chi connectivity index (χ0) is 9.68. The molecule has 74 valence electrons. The quantitative estimate of drug-likeness (QED) is 0.653. The van der Waals surface area contributed by atoms with E-state index in [-0.39, 0.29) is 17.9 Å². The lowest BCUT2D eigenvalue weighted by Crippen LogP contribution is -2.26. The summed E-state index contributed by atoms with van der Waals surface area (Å²) in [5, 5.41) is 2.80. The van der Waals surface area contributed by atoms with Gasteiger partial charge >= 0.3 is 5.97 Å². The zero-order valence-corrected chi connectivity index (χ0v) is 7.84. The zero-order valence-electron chi connectivity index (χ0n) is 7.84. The molecule has 1 fully saturated rings. The van der Waals surface area contributed by atoms with Gasteiger partial charge in [0, 0.05) is 18.9 Å². The molecule has 0 aliphatic carbocycles. The average Bonchev–Trinajstić information content (AvgIpc) is 2.49. The van der Waals surface area contributed by atoms with Crippen molar-refractivity contribution in [2.45, 2.75) is 38.6 Å². The van der Waals surface area contributed by atoms with Crippen LogP contribution in [-0.2, 0) is 14.3 Å². The van der Waals surface area contributed by atoms with E-state index in [2.05, 4.69) is 5.32 Å². The Balaban J connectivity index is 2.12. The highest BCUT2D eigenvalue weighted by molar-refractivity contribution is 5.78. The summed E-state index contributed by atoms with van der Waals surface area (Å²) in [5.41, 5.74) is 0. The van der Waals surface area contributed by atoms with Gasteiger partial charge in [0.25, 0.3) is 0 Å². The smallest absolute Gasteiger partial charge is 0.305 e. The van der Waals surface area contributed by atoms with Crippen molar-refractivity contribution in [2.75, 3.05) is 6.61 Å². The van der Waals surface area contributed by atoms with Gasteiger partial charge in [0.15, 0.2) is 0 Å². The van der Waals surface area contributed by atoms with Gasteiger partial charge in [0.05, 0.1) is 6.61 Å². The number of carbonyl (C=O) groups is 2. The third kappa shape index (κ3) is 3.44. The third-order valence-corrected chi connectivity index (χ3v) is 2.09. The third-order valence-electron chi connectivity index (χ3n) is 2.09. The van der Waals surface area contributed by atoms with Crippen LogP contribution in [0, 0.1) is 0 Å². The van der Waals surface area contributed by atoms with Crippen LogP contribution in [0.3, 0.4) is 0 Å². The second kappa shape index (κ2) is 4.84. The number of esters is 1. The molecule has 0 aromatic rings. The molecule has 1 amide bonds. The topological polar surface area (TPSA) is 55.4 Å². The fourth-order valence-electron chi connectivity index (χ4n) is 1.42. The molecule has 4 nitrogen and oxygen atoms in total. The molecule has 1 rings (SSSR count). The van der Waals surface area contributed by atoms with E-state index in [0.29, 0.717) is 25.9 Å². The van der Waals surface area contributed by atoms with Crippen molar-refractivity contribution in [2.24, 2.45) is 0 Å². The van der Waals surface area contributed by atoms with Crippen LogP contribution in [0.4, 0.5) is 0 Å². The first-order valence-corrected chi connectivity index (χ1v) is 4.67. The van der Waals surface area contributed by atoms with E-state index in [0.717, 1.165) is 6.42 Å². The van der Waals surface area contributed by atoms with Gasteiger partial charge in [-0.3, -0.25) is 9.59 Å². The molecular formula is C9H15NO3. The molecule has 0 aromatic carbocycles. The van der Waals surface area contributed by atoms with E-state index in [9.17, 15) is 9.59 Å². The maximum Gasteiger partial charge on any atom is 0.305 e. The summed E-state index contributed by atoms with van der Waals surface area (Å²) in [6.45, 7) is 2.21. The maximum absolute atomic E-state index is 10.9. The normalized spacial score (nSPS) is 21.3. The van der Waals surface area contributed by atoms with Gasteiger partial charge in [0.1, 0.15) is 0 Å². The first-order valence-electron chi connectivity index (χ1n) is 4.67. The summed E-state index contributed by atoms with van der Waals surface area (Å²) in [4.78, 5) is 21.7. The number of amides is 1. The van der Waals surface area contributed by atoms with E-state index >= 15 is 0 Å². The van der Waals surface area contributed by atoms with Gasteiger partial charge in [-0.25, -0.2) is 0 Å². The first kappa shape index (κ1) is 10.0. The Bertz CT molecular complexity index is 203. The second-order valence-electron chi connectivity index (χ2n) is 3.15. The van der Waals surface area contributed by atoms with Crippen molar-refractivity contribution in [3.8, 4) is 0 Å². The highest BCUT2D eigenvalue weighted by Crippen LogP contribution is 2.11. The van der Waals surface area contributed by atoms with Crippen LogP contribution in [0.1, 0.15) is 32.6 Å². The van der Waals surface area contributed by atoms with Crippen molar-refractivity contribution in [3.05, 3.63) is 0 Å². The Kier molecular flexibility index (Phi) is 3.73. The number of hydrogen-bond acceptors (Lipinski definition) is 3. The molecule has 1 heterocycles. The fraction of sp³-hybridized carbons (Fsp3) is 0.778. The highest BCUT2D eigenvalue weighted by atomic mass is 16.5. The van der Waals surface area contributed by atoms with Crippen molar-refractivity contribution in [1.29, 1.82) is 0 Å². The molecule has 4 heteroatoms. The minimum atomic E-state index is -0.177. The number of hydrogen-bond donors (Lipinski definition) is 1. The van der Waals surface area contributed by atoms with Crippen LogP contribution < -0.4 is 5.32 Å². The Morgan fingerprint density at radius 2 is 2.46 bits per heavy atom. The Morgan fingerprint density at radius 3 is 3.00 bits per heavy atom. The van der Waals surface area contributed by atoms with Crippen molar-refractivity contribution >= 4 is 11.9 Å². The number of rotatable bonds is 4. The predicted octanol–water partition coefficient (Wildman–Crippen LogP) is 0.608. The van der Waals surface area contributed by atoms with Crippen LogP contribution in [0.2, 0.25) is 0 Å². The molecule has 0 unspecified atom stereocenters. The minimum absolute atomic E-state index is 0.0915. The Hall–Kier alpha value is -1.06. The number of nitrogens with one attached hydrogen (secondary N) is 1. The molecule has 1 saturated heterocycles. The molecule has 0 radical (unpaired) electrons. The van der Waals surface area contributed by atoms with Crippen LogP contribution in [0.25, 0.3) is 0 Å². The van der Waals surface area contributed by atoms with E-state index in [1.54, 1.807) is 6.92 Å². The largest absolute Gasteiger partial charge is 0.466 e. The fourth-order valence-corrected chi connectivity index (χ4v) is 1.42. The molecule has 0 aromatic heterocycles. The summed E-state index contributed by atoms with van der Waals surface area (Å²) in [6, 6.07) is 0.178. The first-order chi connectivity index (χ1) is 6.22. The predicted molar refractivity (Wildman–Crippen MR) is 47.0 cm³/mol. The highest BCUT2D eigenvalue weighted by Gasteiger charge is 2.21. The van der Waals surface area contributed by atoms with Crippen LogP contribution in [0.15, 0.2) is 0 Å². The van der Waals surface area contributed by atoms with Gasteiger partial charge < -0.3 is 10.1 Å². The summed E-state index contributed by atoms with van der Waals surface area (Å²) >= 11 is 0. The summed E-state index contributed by atoms with van der Waals surface area (Å²) in [5.74, 6) is -0.0856. The molecule has 0 saturated carbocycles. The lowest BCUT2D eigenvalue weighted by molar-refractivity contribution is -0.143. The molecule has 0 bridgehead atoms. The monoisotopic (exact) mass is 185 g/mol. The summed E-state index contributed by atoms with van der Waals surface area (Å²) < 4.78 is 4.78. The maximum atomic E-state index is 10.9. The molecule has 1 aliphatic heterocycles. The molecular weight excluding hydrogens is 170 g/mol. The Morgan fingerprint density at radius 1 is 1.69 bits per heavy atom.